The monoisotopic (exact) mass is 470 g/mol. The van der Waals surface area contributed by atoms with E-state index in [1.54, 1.807) is 30.6 Å². The molecule has 6 heteroatoms. The number of aromatic carboxylic acids is 1. The molecule has 1 aromatic carbocycles. The third-order valence-electron chi connectivity index (χ3n) is 5.56. The molecule has 0 fully saturated rings. The SMILES string of the molecule is CCCCCCCCOC(=O)c1ccc(CCCCCCCC)cc1C(=O)O.c1cncnc1. The molecule has 1 aromatic heterocycles. The number of benzene rings is 1. The van der Waals surface area contributed by atoms with Crippen molar-refractivity contribution in [1.29, 1.82) is 0 Å². The number of carboxylic acid groups (broad SMARTS) is 1. The molecule has 0 atom stereocenters. The maximum atomic E-state index is 12.3. The lowest BCUT2D eigenvalue weighted by Crippen LogP contribution is -2.13. The van der Waals surface area contributed by atoms with Crippen molar-refractivity contribution in [3.05, 3.63) is 59.7 Å². The van der Waals surface area contributed by atoms with Gasteiger partial charge in [-0.3, -0.25) is 0 Å². The van der Waals surface area contributed by atoms with E-state index < -0.39 is 11.9 Å². The summed E-state index contributed by atoms with van der Waals surface area (Å²) in [6, 6.07) is 6.88. The topological polar surface area (TPSA) is 89.4 Å². The van der Waals surface area contributed by atoms with Crippen LogP contribution in [0.15, 0.2) is 43.0 Å². The average Bonchev–Trinajstić information content (AvgIpc) is 2.86. The van der Waals surface area contributed by atoms with Crippen molar-refractivity contribution in [2.45, 2.75) is 97.3 Å². The van der Waals surface area contributed by atoms with Gasteiger partial charge < -0.3 is 9.84 Å². The fraction of sp³-hybridized carbons (Fsp3) is 0.571. The molecule has 2 aromatic rings. The van der Waals surface area contributed by atoms with Crippen LogP contribution >= 0.6 is 0 Å². The molecule has 6 nitrogen and oxygen atoms in total. The number of carbonyl (C=O) groups is 2. The predicted octanol–water partition coefficient (Wildman–Crippen LogP) is 7.28. The van der Waals surface area contributed by atoms with Crippen molar-refractivity contribution < 1.29 is 19.4 Å². The lowest BCUT2D eigenvalue weighted by molar-refractivity contribution is 0.0487. The molecule has 188 valence electrons. The largest absolute Gasteiger partial charge is 0.478 e. The molecule has 0 aliphatic heterocycles. The third-order valence-corrected chi connectivity index (χ3v) is 5.56. The van der Waals surface area contributed by atoms with Gasteiger partial charge in [0.25, 0.3) is 0 Å². The number of carbonyl (C=O) groups excluding carboxylic acids is 1. The van der Waals surface area contributed by atoms with Crippen LogP contribution in [0.5, 0.6) is 0 Å². The van der Waals surface area contributed by atoms with Gasteiger partial charge in [-0.2, -0.15) is 0 Å². The fourth-order valence-corrected chi connectivity index (χ4v) is 3.59. The zero-order valence-corrected chi connectivity index (χ0v) is 21.0. The molecule has 0 aliphatic rings. The summed E-state index contributed by atoms with van der Waals surface area (Å²) in [5.41, 5.74) is 1.18. The number of carboxylic acids is 1. The van der Waals surface area contributed by atoms with E-state index in [4.69, 9.17) is 4.74 Å². The minimum absolute atomic E-state index is 0.0522. The Balaban J connectivity index is 0.000000830. The highest BCUT2D eigenvalue weighted by molar-refractivity contribution is 6.02. The summed E-state index contributed by atoms with van der Waals surface area (Å²) in [6.07, 6.45) is 19.6. The highest BCUT2D eigenvalue weighted by Gasteiger charge is 2.18. The maximum Gasteiger partial charge on any atom is 0.339 e. The Morgan fingerprint density at radius 2 is 1.38 bits per heavy atom. The van der Waals surface area contributed by atoms with Crippen molar-refractivity contribution in [2.24, 2.45) is 0 Å². The number of unbranched alkanes of at least 4 members (excludes halogenated alkanes) is 10. The molecule has 0 unspecified atom stereocenters. The second kappa shape index (κ2) is 19.7. The van der Waals surface area contributed by atoms with Gasteiger partial charge in [-0.1, -0.05) is 84.1 Å². The highest BCUT2D eigenvalue weighted by Crippen LogP contribution is 2.17. The van der Waals surface area contributed by atoms with Crippen LogP contribution < -0.4 is 0 Å². The highest BCUT2D eigenvalue weighted by atomic mass is 16.5. The van der Waals surface area contributed by atoms with E-state index in [1.807, 2.05) is 6.07 Å². The quantitative estimate of drug-likeness (QED) is 0.205. The molecular weight excluding hydrogens is 428 g/mol. The molecule has 0 saturated carbocycles. The summed E-state index contributed by atoms with van der Waals surface area (Å²) >= 11 is 0. The maximum absolute atomic E-state index is 12.3. The molecule has 0 spiro atoms. The van der Waals surface area contributed by atoms with E-state index in [-0.39, 0.29) is 11.1 Å². The molecule has 0 saturated heterocycles. The molecule has 34 heavy (non-hydrogen) atoms. The number of ether oxygens (including phenoxy) is 1. The zero-order valence-electron chi connectivity index (χ0n) is 21.0. The number of aromatic nitrogens is 2. The van der Waals surface area contributed by atoms with Gasteiger partial charge in [-0.15, -0.1) is 0 Å². The number of rotatable bonds is 16. The van der Waals surface area contributed by atoms with Gasteiger partial charge >= 0.3 is 11.9 Å². The Hall–Kier alpha value is -2.76. The Labute approximate surface area is 205 Å². The Morgan fingerprint density at radius 1 is 0.794 bits per heavy atom. The van der Waals surface area contributed by atoms with E-state index in [2.05, 4.69) is 23.8 Å². The van der Waals surface area contributed by atoms with Gasteiger partial charge in [0.1, 0.15) is 6.33 Å². The molecule has 2 rings (SSSR count). The first kappa shape index (κ1) is 29.3. The second-order valence-electron chi connectivity index (χ2n) is 8.51. The first-order valence-electron chi connectivity index (χ1n) is 12.8. The first-order chi connectivity index (χ1) is 16.6. The number of aryl methyl sites for hydroxylation is 1. The van der Waals surface area contributed by atoms with E-state index in [1.165, 1.54) is 51.3 Å². The van der Waals surface area contributed by atoms with Crippen LogP contribution in [-0.4, -0.2) is 33.6 Å². The van der Waals surface area contributed by atoms with Crippen LogP contribution in [0.1, 0.15) is 117 Å². The third kappa shape index (κ3) is 13.7. The van der Waals surface area contributed by atoms with Crippen LogP contribution in [0, 0.1) is 0 Å². The summed E-state index contributed by atoms with van der Waals surface area (Å²) in [7, 11) is 0. The predicted molar refractivity (Wildman–Crippen MR) is 136 cm³/mol. The summed E-state index contributed by atoms with van der Waals surface area (Å²) in [6.45, 7) is 4.73. The van der Waals surface area contributed by atoms with E-state index >= 15 is 0 Å². The molecular formula is C28H42N2O4. The van der Waals surface area contributed by atoms with E-state index in [9.17, 15) is 14.7 Å². The molecule has 0 aliphatic carbocycles. The smallest absolute Gasteiger partial charge is 0.339 e. The molecule has 0 amide bonds. The van der Waals surface area contributed by atoms with Crippen LogP contribution in [0.2, 0.25) is 0 Å². The number of hydrogen-bond acceptors (Lipinski definition) is 5. The van der Waals surface area contributed by atoms with Gasteiger partial charge in [-0.25, -0.2) is 19.6 Å². The van der Waals surface area contributed by atoms with Gasteiger partial charge in [0.2, 0.25) is 0 Å². The molecule has 1 heterocycles. The summed E-state index contributed by atoms with van der Waals surface area (Å²) in [5, 5.41) is 9.49. The standard InChI is InChI=1S/C24H38O4.C4H4N2/c1-3-5-7-9-11-13-15-20-16-17-21(22(19-20)23(25)26)24(27)28-18-14-12-10-8-6-4-2;1-2-5-4-6-3-1/h16-17,19H,3-15,18H2,1-2H3,(H,25,26);1-4H. The van der Waals surface area contributed by atoms with Crippen LogP contribution in [0.3, 0.4) is 0 Å². The fourth-order valence-electron chi connectivity index (χ4n) is 3.59. The molecule has 0 radical (unpaired) electrons. The Morgan fingerprint density at radius 3 is 1.91 bits per heavy atom. The van der Waals surface area contributed by atoms with Gasteiger partial charge in [0, 0.05) is 12.4 Å². The zero-order chi connectivity index (χ0) is 24.9. The Kier molecular flexibility index (Phi) is 16.9. The molecule has 0 bridgehead atoms. The summed E-state index contributed by atoms with van der Waals surface area (Å²) in [4.78, 5) is 31.2. The number of nitrogens with zero attached hydrogens (tertiary/aromatic N) is 2. The summed E-state index contributed by atoms with van der Waals surface area (Å²) < 4.78 is 5.30. The van der Waals surface area contributed by atoms with Crippen molar-refractivity contribution in [3.63, 3.8) is 0 Å². The van der Waals surface area contributed by atoms with Gasteiger partial charge in [0.05, 0.1) is 17.7 Å². The normalized spacial score (nSPS) is 10.3. The lowest BCUT2D eigenvalue weighted by atomic mass is 9.99. The number of esters is 1. The Bertz CT molecular complexity index is 770. The average molecular weight is 471 g/mol. The van der Waals surface area contributed by atoms with Crippen molar-refractivity contribution in [1.82, 2.24) is 9.97 Å². The van der Waals surface area contributed by atoms with Crippen LogP contribution in [-0.2, 0) is 11.2 Å². The van der Waals surface area contributed by atoms with Gasteiger partial charge in [-0.05, 0) is 43.0 Å². The van der Waals surface area contributed by atoms with Gasteiger partial charge in [0.15, 0.2) is 0 Å². The first-order valence-corrected chi connectivity index (χ1v) is 12.8. The second-order valence-corrected chi connectivity index (χ2v) is 8.51. The number of hydrogen-bond donors (Lipinski definition) is 1. The minimum atomic E-state index is -1.07. The lowest BCUT2D eigenvalue weighted by Gasteiger charge is -2.10. The van der Waals surface area contributed by atoms with E-state index in [0.717, 1.165) is 44.1 Å². The van der Waals surface area contributed by atoms with Crippen molar-refractivity contribution in [2.75, 3.05) is 6.61 Å². The van der Waals surface area contributed by atoms with Crippen LogP contribution in [0.4, 0.5) is 0 Å². The summed E-state index contributed by atoms with van der Waals surface area (Å²) in [5.74, 6) is -1.60. The van der Waals surface area contributed by atoms with Crippen molar-refractivity contribution >= 4 is 11.9 Å². The molecule has 1 N–H and O–H groups in total. The van der Waals surface area contributed by atoms with Crippen molar-refractivity contribution in [3.8, 4) is 0 Å². The minimum Gasteiger partial charge on any atom is -0.478 e. The van der Waals surface area contributed by atoms with Crippen LogP contribution in [0.25, 0.3) is 0 Å². The van der Waals surface area contributed by atoms with E-state index in [0.29, 0.717) is 6.61 Å².